The molecule has 1 unspecified atom stereocenters. The number of nitrogens with one attached hydrogen (secondary N) is 1. The number of carbonyl (C=O) groups is 1. The predicted molar refractivity (Wildman–Crippen MR) is 78.1 cm³/mol. The van der Waals surface area contributed by atoms with Gasteiger partial charge in [-0.05, 0) is 37.5 Å². The van der Waals surface area contributed by atoms with Crippen molar-refractivity contribution >= 4 is 5.91 Å². The van der Waals surface area contributed by atoms with Crippen LogP contribution in [0.5, 0.6) is 11.5 Å². The van der Waals surface area contributed by atoms with Crippen LogP contribution in [0.15, 0.2) is 18.2 Å². The fraction of sp³-hybridized carbons (Fsp3) is 0.562. The zero-order valence-corrected chi connectivity index (χ0v) is 12.3. The molecule has 1 aromatic rings. The van der Waals surface area contributed by atoms with E-state index in [1.807, 2.05) is 18.2 Å². The summed E-state index contributed by atoms with van der Waals surface area (Å²) in [7, 11) is 1.65. The van der Waals surface area contributed by atoms with Crippen molar-refractivity contribution in [3.05, 3.63) is 23.8 Å². The standard InChI is InChI=1S/C16H23NO3/c1-3-4-7-16(18)17-14-6-5-10-20-15-9-8-12(19-2)11-13(14)15/h8-9,11,14H,3-7,10H2,1-2H3,(H,17,18). The Morgan fingerprint density at radius 2 is 2.35 bits per heavy atom. The minimum atomic E-state index is 0.0203. The highest BCUT2D eigenvalue weighted by Gasteiger charge is 2.22. The van der Waals surface area contributed by atoms with Crippen molar-refractivity contribution in [3.63, 3.8) is 0 Å². The molecule has 0 spiro atoms. The molecule has 0 radical (unpaired) electrons. The Bertz CT molecular complexity index is 459. The molecule has 1 aromatic carbocycles. The van der Waals surface area contributed by atoms with Gasteiger partial charge < -0.3 is 14.8 Å². The summed E-state index contributed by atoms with van der Waals surface area (Å²) < 4.78 is 11.0. The lowest BCUT2D eigenvalue weighted by Gasteiger charge is -2.19. The average Bonchev–Trinajstić information content (AvgIpc) is 2.67. The molecule has 4 nitrogen and oxygen atoms in total. The molecule has 0 saturated heterocycles. The molecule has 1 heterocycles. The highest BCUT2D eigenvalue weighted by Crippen LogP contribution is 2.34. The van der Waals surface area contributed by atoms with Gasteiger partial charge in [-0.15, -0.1) is 0 Å². The van der Waals surface area contributed by atoms with Crippen molar-refractivity contribution in [1.82, 2.24) is 5.32 Å². The normalized spacial score (nSPS) is 17.6. The molecule has 0 bridgehead atoms. The topological polar surface area (TPSA) is 47.6 Å². The molecular weight excluding hydrogens is 254 g/mol. The summed E-state index contributed by atoms with van der Waals surface area (Å²) in [4.78, 5) is 12.0. The minimum Gasteiger partial charge on any atom is -0.497 e. The molecule has 1 amide bonds. The highest BCUT2D eigenvalue weighted by molar-refractivity contribution is 5.76. The second-order valence-corrected chi connectivity index (χ2v) is 5.12. The molecule has 0 saturated carbocycles. The molecular formula is C16H23NO3. The Kier molecular flexibility index (Phi) is 5.27. The van der Waals surface area contributed by atoms with E-state index < -0.39 is 0 Å². The first-order chi connectivity index (χ1) is 9.74. The molecule has 4 heteroatoms. The fourth-order valence-corrected chi connectivity index (χ4v) is 2.44. The number of unbranched alkanes of at least 4 members (excludes halogenated alkanes) is 1. The smallest absolute Gasteiger partial charge is 0.220 e. The second-order valence-electron chi connectivity index (χ2n) is 5.12. The van der Waals surface area contributed by atoms with Crippen molar-refractivity contribution in [3.8, 4) is 11.5 Å². The van der Waals surface area contributed by atoms with E-state index >= 15 is 0 Å². The summed E-state index contributed by atoms with van der Waals surface area (Å²) in [5, 5.41) is 3.13. The monoisotopic (exact) mass is 277 g/mol. The molecule has 1 aliphatic rings. The lowest BCUT2D eigenvalue weighted by atomic mass is 10.0. The number of amides is 1. The molecule has 1 atom stereocenters. The van der Waals surface area contributed by atoms with Crippen molar-refractivity contribution in [2.75, 3.05) is 13.7 Å². The van der Waals surface area contributed by atoms with Crippen LogP contribution in [0, 0.1) is 0 Å². The van der Waals surface area contributed by atoms with Crippen LogP contribution >= 0.6 is 0 Å². The van der Waals surface area contributed by atoms with E-state index in [0.29, 0.717) is 13.0 Å². The van der Waals surface area contributed by atoms with Gasteiger partial charge in [-0.3, -0.25) is 4.79 Å². The second kappa shape index (κ2) is 7.17. The summed E-state index contributed by atoms with van der Waals surface area (Å²) in [5.74, 6) is 1.76. The van der Waals surface area contributed by atoms with E-state index in [0.717, 1.165) is 42.7 Å². The number of rotatable bonds is 5. The van der Waals surface area contributed by atoms with Crippen LogP contribution in [0.2, 0.25) is 0 Å². The van der Waals surface area contributed by atoms with Crippen molar-refractivity contribution < 1.29 is 14.3 Å². The van der Waals surface area contributed by atoms with Gasteiger partial charge in [-0.25, -0.2) is 0 Å². The van der Waals surface area contributed by atoms with Crippen molar-refractivity contribution in [2.24, 2.45) is 0 Å². The molecule has 2 rings (SSSR count). The maximum Gasteiger partial charge on any atom is 0.220 e. The van der Waals surface area contributed by atoms with Crippen LogP contribution in [0.4, 0.5) is 0 Å². The predicted octanol–water partition coefficient (Wildman–Crippen LogP) is 3.22. The zero-order valence-electron chi connectivity index (χ0n) is 12.3. The van der Waals surface area contributed by atoms with E-state index in [2.05, 4.69) is 12.2 Å². The first kappa shape index (κ1) is 14.7. The van der Waals surface area contributed by atoms with E-state index in [4.69, 9.17) is 9.47 Å². The highest BCUT2D eigenvalue weighted by atomic mass is 16.5. The number of benzene rings is 1. The van der Waals surface area contributed by atoms with E-state index in [-0.39, 0.29) is 11.9 Å². The summed E-state index contributed by atoms with van der Waals surface area (Å²) >= 11 is 0. The van der Waals surface area contributed by atoms with Gasteiger partial charge in [0.25, 0.3) is 0 Å². The number of methoxy groups -OCH3 is 1. The quantitative estimate of drug-likeness (QED) is 0.899. The van der Waals surface area contributed by atoms with Crippen LogP contribution in [0.25, 0.3) is 0 Å². The minimum absolute atomic E-state index is 0.0203. The number of hydrogen-bond donors (Lipinski definition) is 1. The maximum absolute atomic E-state index is 12.0. The van der Waals surface area contributed by atoms with E-state index in [9.17, 15) is 4.79 Å². The lowest BCUT2D eigenvalue weighted by Crippen LogP contribution is -2.28. The Labute approximate surface area is 120 Å². The lowest BCUT2D eigenvalue weighted by molar-refractivity contribution is -0.122. The van der Waals surface area contributed by atoms with Gasteiger partial charge in [0.15, 0.2) is 0 Å². The third kappa shape index (κ3) is 3.65. The third-order valence-electron chi connectivity index (χ3n) is 3.58. The molecule has 1 N–H and O–H groups in total. The molecule has 20 heavy (non-hydrogen) atoms. The van der Waals surface area contributed by atoms with Crippen LogP contribution in [0.3, 0.4) is 0 Å². The van der Waals surface area contributed by atoms with Crippen LogP contribution in [0.1, 0.15) is 50.6 Å². The number of carbonyl (C=O) groups excluding carboxylic acids is 1. The maximum atomic E-state index is 12.0. The average molecular weight is 277 g/mol. The summed E-state index contributed by atoms with van der Waals surface area (Å²) in [6, 6.07) is 5.79. The van der Waals surface area contributed by atoms with Crippen LogP contribution in [-0.2, 0) is 4.79 Å². The fourth-order valence-electron chi connectivity index (χ4n) is 2.44. The largest absolute Gasteiger partial charge is 0.497 e. The number of fused-ring (bicyclic) bond motifs is 1. The first-order valence-electron chi connectivity index (χ1n) is 7.34. The molecule has 0 aliphatic carbocycles. The van der Waals surface area contributed by atoms with E-state index in [1.165, 1.54) is 0 Å². The summed E-state index contributed by atoms with van der Waals surface area (Å²) in [6.07, 6.45) is 4.40. The van der Waals surface area contributed by atoms with Gasteiger partial charge in [0, 0.05) is 12.0 Å². The molecule has 1 aliphatic heterocycles. The van der Waals surface area contributed by atoms with Gasteiger partial charge in [-0.1, -0.05) is 13.3 Å². The van der Waals surface area contributed by atoms with Gasteiger partial charge in [0.1, 0.15) is 11.5 Å². The Balaban J connectivity index is 2.15. The van der Waals surface area contributed by atoms with Gasteiger partial charge in [0.05, 0.1) is 19.8 Å². The van der Waals surface area contributed by atoms with Crippen molar-refractivity contribution in [2.45, 2.75) is 45.1 Å². The van der Waals surface area contributed by atoms with Gasteiger partial charge in [0.2, 0.25) is 5.91 Å². The zero-order chi connectivity index (χ0) is 14.4. The third-order valence-corrected chi connectivity index (χ3v) is 3.58. The van der Waals surface area contributed by atoms with Crippen molar-refractivity contribution in [1.29, 1.82) is 0 Å². The molecule has 0 fully saturated rings. The van der Waals surface area contributed by atoms with Gasteiger partial charge in [-0.2, -0.15) is 0 Å². The summed E-state index contributed by atoms with van der Waals surface area (Å²) in [6.45, 7) is 2.79. The van der Waals surface area contributed by atoms with Crippen LogP contribution in [-0.4, -0.2) is 19.6 Å². The van der Waals surface area contributed by atoms with Crippen LogP contribution < -0.4 is 14.8 Å². The Hall–Kier alpha value is -1.71. The Morgan fingerprint density at radius 3 is 3.10 bits per heavy atom. The first-order valence-corrected chi connectivity index (χ1v) is 7.34. The Morgan fingerprint density at radius 1 is 1.50 bits per heavy atom. The number of hydrogen-bond acceptors (Lipinski definition) is 3. The number of ether oxygens (including phenoxy) is 2. The van der Waals surface area contributed by atoms with Gasteiger partial charge >= 0.3 is 0 Å². The summed E-state index contributed by atoms with van der Waals surface area (Å²) in [5.41, 5.74) is 1.02. The molecule has 0 aromatic heterocycles. The van der Waals surface area contributed by atoms with E-state index in [1.54, 1.807) is 7.11 Å². The molecule has 110 valence electrons. The SMILES string of the molecule is CCCCC(=O)NC1CCCOc2ccc(OC)cc21.